The first-order valence-electron chi connectivity index (χ1n) is 9.90. The normalized spacial score (nSPS) is 10.2. The summed E-state index contributed by atoms with van der Waals surface area (Å²) in [7, 11) is 1.64. The van der Waals surface area contributed by atoms with Crippen molar-refractivity contribution in [2.75, 3.05) is 20.2 Å². The smallest absolute Gasteiger partial charge is 0.325 e. The molecule has 2 amide bonds. The molecule has 0 bridgehead atoms. The SMILES string of the molecule is CN(Cc1ccccc1)C(=O)COC(=O)CNC(=O)c1ccc(-c2ccccc2)cc1. The standard InChI is InChI=1S/C25H24N2O4/c1-27(17-19-8-4-2-5-9-19)23(28)18-31-24(29)16-26-25(30)22-14-12-21(13-15-22)20-10-6-3-7-11-20/h2-15H,16-18H2,1H3,(H,26,30). The molecule has 0 radical (unpaired) electrons. The summed E-state index contributed by atoms with van der Waals surface area (Å²) in [6.45, 7) is -0.258. The molecule has 3 aromatic carbocycles. The predicted octanol–water partition coefficient (Wildman–Crippen LogP) is 3.29. The van der Waals surface area contributed by atoms with Crippen LogP contribution in [0.5, 0.6) is 0 Å². The van der Waals surface area contributed by atoms with Crippen LogP contribution < -0.4 is 5.32 Å². The van der Waals surface area contributed by atoms with Gasteiger partial charge < -0.3 is 15.0 Å². The van der Waals surface area contributed by atoms with Crippen LogP contribution in [0.3, 0.4) is 0 Å². The molecule has 1 N–H and O–H groups in total. The summed E-state index contributed by atoms with van der Waals surface area (Å²) >= 11 is 0. The van der Waals surface area contributed by atoms with Crippen LogP contribution in [0.15, 0.2) is 84.9 Å². The molecule has 6 nitrogen and oxygen atoms in total. The molecule has 0 atom stereocenters. The van der Waals surface area contributed by atoms with Gasteiger partial charge in [0, 0.05) is 19.2 Å². The van der Waals surface area contributed by atoms with Gasteiger partial charge in [0.15, 0.2) is 6.61 Å². The van der Waals surface area contributed by atoms with Crippen LogP contribution in [-0.4, -0.2) is 42.9 Å². The first-order chi connectivity index (χ1) is 15.0. The Bertz CT molecular complexity index is 1020. The fourth-order valence-corrected chi connectivity index (χ4v) is 2.95. The molecule has 0 fully saturated rings. The second kappa shape index (κ2) is 10.7. The van der Waals surface area contributed by atoms with E-state index in [1.807, 2.05) is 72.8 Å². The number of hydrogen-bond donors (Lipinski definition) is 1. The number of benzene rings is 3. The molecule has 0 aliphatic carbocycles. The van der Waals surface area contributed by atoms with E-state index in [9.17, 15) is 14.4 Å². The zero-order valence-electron chi connectivity index (χ0n) is 17.3. The van der Waals surface area contributed by atoms with Gasteiger partial charge in [-0.3, -0.25) is 14.4 Å². The fraction of sp³-hybridized carbons (Fsp3) is 0.160. The monoisotopic (exact) mass is 416 g/mol. The second-order valence-corrected chi connectivity index (χ2v) is 7.02. The third kappa shape index (κ3) is 6.54. The van der Waals surface area contributed by atoms with Crippen LogP contribution in [0.4, 0.5) is 0 Å². The third-order valence-electron chi connectivity index (χ3n) is 4.69. The quantitative estimate of drug-likeness (QED) is 0.572. The molecule has 0 aliphatic rings. The van der Waals surface area contributed by atoms with Crippen LogP contribution in [0.25, 0.3) is 11.1 Å². The number of rotatable bonds is 8. The van der Waals surface area contributed by atoms with Crippen molar-refractivity contribution in [3.05, 3.63) is 96.1 Å². The number of carbonyl (C=O) groups excluding carboxylic acids is 3. The maximum absolute atomic E-state index is 12.3. The van der Waals surface area contributed by atoms with Gasteiger partial charge in [-0.1, -0.05) is 72.8 Å². The Morgan fingerprint density at radius 3 is 2.03 bits per heavy atom. The zero-order valence-corrected chi connectivity index (χ0v) is 17.3. The largest absolute Gasteiger partial charge is 0.454 e. The van der Waals surface area contributed by atoms with Crippen molar-refractivity contribution in [2.45, 2.75) is 6.54 Å². The lowest BCUT2D eigenvalue weighted by molar-refractivity contribution is -0.150. The van der Waals surface area contributed by atoms with E-state index in [1.54, 1.807) is 19.2 Å². The van der Waals surface area contributed by atoms with Gasteiger partial charge in [0.25, 0.3) is 11.8 Å². The molecule has 0 heterocycles. The minimum absolute atomic E-state index is 0.311. The first kappa shape index (κ1) is 21.8. The molecule has 0 aliphatic heterocycles. The van der Waals surface area contributed by atoms with Gasteiger partial charge in [-0.15, -0.1) is 0 Å². The average molecular weight is 416 g/mol. The van der Waals surface area contributed by atoms with Crippen molar-refractivity contribution in [1.82, 2.24) is 10.2 Å². The lowest BCUT2D eigenvalue weighted by Gasteiger charge is -2.17. The molecule has 0 spiro atoms. The average Bonchev–Trinajstić information content (AvgIpc) is 2.82. The highest BCUT2D eigenvalue weighted by Crippen LogP contribution is 2.19. The van der Waals surface area contributed by atoms with Crippen molar-refractivity contribution < 1.29 is 19.1 Å². The molecule has 158 valence electrons. The Morgan fingerprint density at radius 2 is 1.39 bits per heavy atom. The Kier molecular flexibility index (Phi) is 7.54. The summed E-state index contributed by atoms with van der Waals surface area (Å²) in [6, 6.07) is 26.4. The second-order valence-electron chi connectivity index (χ2n) is 7.02. The highest BCUT2D eigenvalue weighted by molar-refractivity contribution is 5.96. The fourth-order valence-electron chi connectivity index (χ4n) is 2.95. The number of carbonyl (C=O) groups is 3. The molecule has 3 rings (SSSR count). The van der Waals surface area contributed by atoms with Gasteiger partial charge in [-0.05, 0) is 28.8 Å². The van der Waals surface area contributed by atoms with E-state index >= 15 is 0 Å². The lowest BCUT2D eigenvalue weighted by Crippen LogP contribution is -2.34. The lowest BCUT2D eigenvalue weighted by atomic mass is 10.0. The molecular formula is C25H24N2O4. The summed E-state index contributed by atoms with van der Waals surface area (Å²) in [6.07, 6.45) is 0. The zero-order chi connectivity index (χ0) is 22.1. The van der Waals surface area contributed by atoms with Crippen LogP contribution in [0.1, 0.15) is 15.9 Å². The predicted molar refractivity (Wildman–Crippen MR) is 118 cm³/mol. The Labute approximate surface area is 181 Å². The molecule has 0 saturated heterocycles. The van der Waals surface area contributed by atoms with E-state index in [-0.39, 0.29) is 25.0 Å². The van der Waals surface area contributed by atoms with E-state index in [4.69, 9.17) is 4.74 Å². The minimum atomic E-state index is -0.671. The molecule has 6 heteroatoms. The molecule has 3 aromatic rings. The Morgan fingerprint density at radius 1 is 0.806 bits per heavy atom. The number of nitrogens with zero attached hydrogens (tertiary/aromatic N) is 1. The third-order valence-corrected chi connectivity index (χ3v) is 4.69. The van der Waals surface area contributed by atoms with E-state index in [0.717, 1.165) is 16.7 Å². The van der Waals surface area contributed by atoms with Gasteiger partial charge in [-0.25, -0.2) is 0 Å². The highest BCUT2D eigenvalue weighted by Gasteiger charge is 2.14. The summed E-state index contributed by atoms with van der Waals surface area (Å²) in [5, 5.41) is 2.51. The van der Waals surface area contributed by atoms with Crippen molar-refractivity contribution in [3.63, 3.8) is 0 Å². The first-order valence-corrected chi connectivity index (χ1v) is 9.90. The summed E-state index contributed by atoms with van der Waals surface area (Å²) in [4.78, 5) is 37.8. The van der Waals surface area contributed by atoms with Crippen LogP contribution in [-0.2, 0) is 20.9 Å². The highest BCUT2D eigenvalue weighted by atomic mass is 16.5. The molecule has 0 unspecified atom stereocenters. The summed E-state index contributed by atoms with van der Waals surface area (Å²) in [5.74, 6) is -1.38. The van der Waals surface area contributed by atoms with E-state index in [0.29, 0.717) is 12.1 Å². The Balaban J connectivity index is 1.41. The van der Waals surface area contributed by atoms with Gasteiger partial charge in [0.1, 0.15) is 6.54 Å². The number of likely N-dealkylation sites (N-methyl/N-ethyl adjacent to an activating group) is 1. The topological polar surface area (TPSA) is 75.7 Å². The van der Waals surface area contributed by atoms with E-state index in [2.05, 4.69) is 5.32 Å². The van der Waals surface area contributed by atoms with Crippen molar-refractivity contribution in [3.8, 4) is 11.1 Å². The van der Waals surface area contributed by atoms with Crippen molar-refractivity contribution in [1.29, 1.82) is 0 Å². The number of amides is 2. The van der Waals surface area contributed by atoms with Gasteiger partial charge in [-0.2, -0.15) is 0 Å². The number of ether oxygens (including phenoxy) is 1. The molecule has 0 saturated carbocycles. The van der Waals surface area contributed by atoms with E-state index < -0.39 is 5.97 Å². The molecule has 31 heavy (non-hydrogen) atoms. The number of hydrogen-bond acceptors (Lipinski definition) is 4. The van der Waals surface area contributed by atoms with Crippen molar-refractivity contribution in [2.24, 2.45) is 0 Å². The maximum atomic E-state index is 12.3. The van der Waals surface area contributed by atoms with Crippen LogP contribution in [0, 0.1) is 0 Å². The number of esters is 1. The summed E-state index contributed by atoms with van der Waals surface area (Å²) < 4.78 is 4.98. The number of nitrogens with one attached hydrogen (secondary N) is 1. The minimum Gasteiger partial charge on any atom is -0.454 e. The maximum Gasteiger partial charge on any atom is 0.325 e. The molecular weight excluding hydrogens is 392 g/mol. The van der Waals surface area contributed by atoms with E-state index in [1.165, 1.54) is 4.90 Å². The van der Waals surface area contributed by atoms with Crippen LogP contribution in [0.2, 0.25) is 0 Å². The summed E-state index contributed by atoms with van der Waals surface area (Å²) in [5.41, 5.74) is 3.47. The van der Waals surface area contributed by atoms with Crippen LogP contribution >= 0.6 is 0 Å². The van der Waals surface area contributed by atoms with Gasteiger partial charge >= 0.3 is 5.97 Å². The van der Waals surface area contributed by atoms with Gasteiger partial charge in [0.2, 0.25) is 0 Å². The Hall–Kier alpha value is -3.93. The van der Waals surface area contributed by atoms with Gasteiger partial charge in [0.05, 0.1) is 0 Å². The van der Waals surface area contributed by atoms with Crippen molar-refractivity contribution >= 4 is 17.8 Å². The molecule has 0 aromatic heterocycles.